The molecule has 0 unspecified atom stereocenters. The molecule has 2 atom stereocenters. The summed E-state index contributed by atoms with van der Waals surface area (Å²) in [4.78, 5) is 14.4. The molecule has 108 valence electrons. The Hall–Kier alpha value is -1.49. The molecule has 0 spiro atoms. The highest BCUT2D eigenvalue weighted by Gasteiger charge is 2.39. The van der Waals surface area contributed by atoms with Crippen LogP contribution in [-0.2, 0) is 0 Å². The number of nitrogens with zero attached hydrogens (tertiary/aromatic N) is 1. The zero-order valence-electron chi connectivity index (χ0n) is 11.4. The highest BCUT2D eigenvalue weighted by atomic mass is 19.1. The van der Waals surface area contributed by atoms with Crippen molar-refractivity contribution in [3.8, 4) is 0 Å². The molecule has 1 amide bonds. The molecule has 3 rings (SSSR count). The average molecular weight is 280 g/mol. The van der Waals surface area contributed by atoms with Crippen molar-refractivity contribution in [1.82, 2.24) is 10.2 Å². The van der Waals surface area contributed by atoms with Crippen LogP contribution in [0.1, 0.15) is 36.0 Å². The lowest BCUT2D eigenvalue weighted by atomic mass is 9.97. The maximum absolute atomic E-state index is 13.6. The molecule has 0 aromatic heterocycles. The smallest absolute Gasteiger partial charge is 0.257 e. The Kier molecular flexibility index (Phi) is 3.46. The second-order valence-electron chi connectivity index (χ2n) is 5.79. The third-order valence-corrected chi connectivity index (χ3v) is 4.62. The van der Waals surface area contributed by atoms with Crippen LogP contribution in [0.4, 0.5) is 8.78 Å². The minimum atomic E-state index is -0.807. The van der Waals surface area contributed by atoms with E-state index in [0.717, 1.165) is 37.8 Å². The van der Waals surface area contributed by atoms with Crippen molar-refractivity contribution in [3.63, 3.8) is 0 Å². The van der Waals surface area contributed by atoms with Gasteiger partial charge in [0.1, 0.15) is 17.2 Å². The van der Waals surface area contributed by atoms with Crippen LogP contribution in [0.5, 0.6) is 0 Å². The molecule has 0 saturated carbocycles. The molecular formula is C15H18F2N2O. The fourth-order valence-electron chi connectivity index (χ4n) is 3.50. The molecule has 2 bridgehead atoms. The molecule has 2 aliphatic heterocycles. The number of hydrogen-bond donors (Lipinski definition) is 1. The Morgan fingerprint density at radius 1 is 1.20 bits per heavy atom. The van der Waals surface area contributed by atoms with Crippen LogP contribution in [-0.4, -0.2) is 36.0 Å². The molecule has 2 aliphatic rings. The normalized spacial score (nSPS) is 29.4. The first-order valence-corrected chi connectivity index (χ1v) is 7.03. The van der Waals surface area contributed by atoms with Gasteiger partial charge in [0.25, 0.3) is 5.91 Å². The van der Waals surface area contributed by atoms with Crippen molar-refractivity contribution in [2.45, 2.75) is 43.8 Å². The minimum Gasteiger partial charge on any atom is -0.349 e. The van der Waals surface area contributed by atoms with E-state index >= 15 is 0 Å². The van der Waals surface area contributed by atoms with Crippen LogP contribution in [0, 0.1) is 11.6 Å². The molecule has 3 nitrogen and oxygen atoms in total. The Balaban J connectivity index is 1.71. The number of carbonyl (C=O) groups excluding carboxylic acids is 1. The van der Waals surface area contributed by atoms with Gasteiger partial charge in [-0.15, -0.1) is 0 Å². The van der Waals surface area contributed by atoms with Crippen molar-refractivity contribution in [2.24, 2.45) is 0 Å². The van der Waals surface area contributed by atoms with Crippen LogP contribution in [0.25, 0.3) is 0 Å². The van der Waals surface area contributed by atoms with E-state index in [1.165, 1.54) is 6.07 Å². The number of carbonyl (C=O) groups is 1. The predicted octanol–water partition coefficient (Wildman–Crippen LogP) is 2.32. The quantitative estimate of drug-likeness (QED) is 0.901. The second kappa shape index (κ2) is 5.13. The van der Waals surface area contributed by atoms with E-state index in [4.69, 9.17) is 0 Å². The SMILES string of the molecule is CN1[C@H]2CC[C@H]1CC(NC(=O)c1c(F)cccc1F)C2. The fraction of sp³-hybridized carbons (Fsp3) is 0.533. The number of halogens is 2. The summed E-state index contributed by atoms with van der Waals surface area (Å²) >= 11 is 0. The molecule has 0 aliphatic carbocycles. The topological polar surface area (TPSA) is 32.3 Å². The summed E-state index contributed by atoms with van der Waals surface area (Å²) in [6.07, 6.45) is 3.99. The van der Waals surface area contributed by atoms with Gasteiger partial charge in [-0.25, -0.2) is 8.78 Å². The summed E-state index contributed by atoms with van der Waals surface area (Å²) in [6.45, 7) is 0. The predicted molar refractivity (Wildman–Crippen MR) is 71.4 cm³/mol. The van der Waals surface area contributed by atoms with Crippen LogP contribution in [0.15, 0.2) is 18.2 Å². The lowest BCUT2D eigenvalue weighted by Gasteiger charge is -2.36. The molecular weight excluding hydrogens is 262 g/mol. The van der Waals surface area contributed by atoms with Crippen molar-refractivity contribution in [2.75, 3.05) is 7.05 Å². The molecule has 2 heterocycles. The van der Waals surface area contributed by atoms with Gasteiger partial charge in [-0.3, -0.25) is 4.79 Å². The largest absolute Gasteiger partial charge is 0.349 e. The standard InChI is InChI=1S/C15H18F2N2O/c1-19-10-5-6-11(19)8-9(7-10)18-15(20)14-12(16)3-2-4-13(14)17/h2-4,9-11H,5-8H2,1H3,(H,18,20)/t10-,11-/m0/s1. The number of amides is 1. The van der Waals surface area contributed by atoms with Crippen LogP contribution in [0.2, 0.25) is 0 Å². The van der Waals surface area contributed by atoms with Crippen molar-refractivity contribution in [3.05, 3.63) is 35.4 Å². The minimum absolute atomic E-state index is 0.00945. The van der Waals surface area contributed by atoms with Crippen molar-refractivity contribution in [1.29, 1.82) is 0 Å². The number of rotatable bonds is 2. The summed E-state index contributed by atoms with van der Waals surface area (Å²) < 4.78 is 27.1. The van der Waals surface area contributed by atoms with Crippen LogP contribution in [0.3, 0.4) is 0 Å². The van der Waals surface area contributed by atoms with Crippen LogP contribution < -0.4 is 5.32 Å². The molecule has 20 heavy (non-hydrogen) atoms. The van der Waals surface area contributed by atoms with Gasteiger partial charge in [-0.2, -0.15) is 0 Å². The average Bonchev–Trinajstić information content (AvgIpc) is 2.62. The van der Waals surface area contributed by atoms with Gasteiger partial charge in [-0.05, 0) is 44.9 Å². The van der Waals surface area contributed by atoms with Crippen molar-refractivity contribution >= 4 is 5.91 Å². The molecule has 5 heteroatoms. The van der Waals surface area contributed by atoms with Gasteiger partial charge in [0.05, 0.1) is 0 Å². The first-order valence-electron chi connectivity index (χ1n) is 7.03. The van der Waals surface area contributed by atoms with E-state index < -0.39 is 23.1 Å². The van der Waals surface area contributed by atoms with Gasteiger partial charge in [-0.1, -0.05) is 6.07 Å². The number of fused-ring (bicyclic) bond motifs is 2. The first-order chi connectivity index (χ1) is 9.56. The van der Waals surface area contributed by atoms with E-state index in [-0.39, 0.29) is 6.04 Å². The lowest BCUT2D eigenvalue weighted by Crippen LogP contribution is -2.49. The summed E-state index contributed by atoms with van der Waals surface area (Å²) in [5, 5.41) is 2.79. The maximum Gasteiger partial charge on any atom is 0.257 e. The van der Waals surface area contributed by atoms with Gasteiger partial charge < -0.3 is 10.2 Å². The number of benzene rings is 1. The molecule has 2 fully saturated rings. The Morgan fingerprint density at radius 2 is 1.75 bits per heavy atom. The lowest BCUT2D eigenvalue weighted by molar-refractivity contribution is 0.0874. The summed E-state index contributed by atoms with van der Waals surface area (Å²) in [5.41, 5.74) is -0.473. The second-order valence-corrected chi connectivity index (χ2v) is 5.79. The van der Waals surface area contributed by atoms with Crippen LogP contribution >= 0.6 is 0 Å². The first kappa shape index (κ1) is 13.5. The molecule has 0 radical (unpaired) electrons. The van der Waals surface area contributed by atoms with Gasteiger partial charge >= 0.3 is 0 Å². The highest BCUT2D eigenvalue weighted by molar-refractivity contribution is 5.94. The maximum atomic E-state index is 13.6. The van der Waals surface area contributed by atoms with E-state index in [0.29, 0.717) is 12.1 Å². The zero-order chi connectivity index (χ0) is 14.3. The number of nitrogens with one attached hydrogen (secondary N) is 1. The summed E-state index contributed by atoms with van der Waals surface area (Å²) in [6, 6.07) is 4.44. The van der Waals surface area contributed by atoms with E-state index in [1.807, 2.05) is 0 Å². The fourth-order valence-corrected chi connectivity index (χ4v) is 3.50. The van der Waals surface area contributed by atoms with Gasteiger partial charge in [0.2, 0.25) is 0 Å². The van der Waals surface area contributed by atoms with Crippen molar-refractivity contribution < 1.29 is 13.6 Å². The number of piperidine rings is 1. The Labute approximate surface area is 117 Å². The molecule has 1 aromatic carbocycles. The van der Waals surface area contributed by atoms with E-state index in [1.54, 1.807) is 0 Å². The third kappa shape index (κ3) is 2.30. The van der Waals surface area contributed by atoms with Gasteiger partial charge in [0.15, 0.2) is 0 Å². The molecule has 2 saturated heterocycles. The molecule has 1 aromatic rings. The summed E-state index contributed by atoms with van der Waals surface area (Å²) in [5.74, 6) is -2.26. The van der Waals surface area contributed by atoms with E-state index in [2.05, 4.69) is 17.3 Å². The van der Waals surface area contributed by atoms with E-state index in [9.17, 15) is 13.6 Å². The third-order valence-electron chi connectivity index (χ3n) is 4.62. The Bertz CT molecular complexity index is 500. The zero-order valence-corrected chi connectivity index (χ0v) is 11.4. The highest BCUT2D eigenvalue weighted by Crippen LogP contribution is 2.34. The summed E-state index contributed by atoms with van der Waals surface area (Å²) in [7, 11) is 2.11. The Morgan fingerprint density at radius 3 is 2.30 bits per heavy atom. The van der Waals surface area contributed by atoms with Gasteiger partial charge in [0, 0.05) is 18.1 Å². The number of hydrogen-bond acceptors (Lipinski definition) is 2. The molecule has 1 N–H and O–H groups in total. The monoisotopic (exact) mass is 280 g/mol.